The van der Waals surface area contributed by atoms with Crippen LogP contribution in [0, 0.1) is 0 Å². The molecular weight excluding hydrogens is 536 g/mol. The molecule has 8 heteroatoms. The summed E-state index contributed by atoms with van der Waals surface area (Å²) in [4.78, 5) is 44.5. The first-order chi connectivity index (χ1) is 19.7. The average molecular weight is 569 g/mol. The van der Waals surface area contributed by atoms with Crippen LogP contribution in [0.25, 0.3) is 10.8 Å². The zero-order valence-corrected chi connectivity index (χ0v) is 23.6. The maximum absolute atomic E-state index is 14.5. The van der Waals surface area contributed by atoms with Crippen LogP contribution in [0.3, 0.4) is 0 Å². The first-order valence-corrected chi connectivity index (χ1v) is 14.1. The number of fused-ring (bicyclic) bond motifs is 1. The predicted octanol–water partition coefficient (Wildman–Crippen LogP) is 4.91. The minimum absolute atomic E-state index is 0.0784. The quantitative estimate of drug-likeness (QED) is 0.309. The number of halogens is 1. The van der Waals surface area contributed by atoms with Gasteiger partial charge in [0.05, 0.1) is 6.42 Å². The highest BCUT2D eigenvalue weighted by atomic mass is 35.5. The van der Waals surface area contributed by atoms with Crippen LogP contribution in [0.4, 0.5) is 5.69 Å². The zero-order chi connectivity index (χ0) is 29.1. The van der Waals surface area contributed by atoms with Crippen LogP contribution in [0.5, 0.6) is 0 Å². The van der Waals surface area contributed by atoms with E-state index < -0.39 is 18.0 Å². The van der Waals surface area contributed by atoms with Crippen LogP contribution in [0.1, 0.15) is 36.1 Å². The molecule has 0 aliphatic carbocycles. The van der Waals surface area contributed by atoms with E-state index in [1.165, 1.54) is 0 Å². The van der Waals surface area contributed by atoms with Crippen molar-refractivity contribution in [1.82, 2.24) is 9.80 Å². The number of rotatable bonds is 7. The molecule has 3 amide bonds. The van der Waals surface area contributed by atoms with E-state index in [0.29, 0.717) is 22.7 Å². The lowest BCUT2D eigenvalue weighted by Gasteiger charge is -2.36. The van der Waals surface area contributed by atoms with E-state index in [9.17, 15) is 14.4 Å². The van der Waals surface area contributed by atoms with Gasteiger partial charge < -0.3 is 21.3 Å². The Kier molecular flexibility index (Phi) is 8.26. The molecule has 0 aromatic heterocycles. The molecule has 1 aliphatic rings. The third-order valence-electron chi connectivity index (χ3n) is 7.81. The molecule has 5 rings (SSSR count). The molecular formula is C33H33ClN4O3. The summed E-state index contributed by atoms with van der Waals surface area (Å²) in [5, 5.41) is 2.49. The second-order valence-electron chi connectivity index (χ2n) is 10.6. The lowest BCUT2D eigenvalue weighted by Crippen LogP contribution is -2.52. The number of primary amides is 1. The Morgan fingerprint density at radius 1 is 0.976 bits per heavy atom. The number of hydrogen-bond donors (Lipinski definition) is 2. The van der Waals surface area contributed by atoms with Crippen molar-refractivity contribution in [3.63, 3.8) is 0 Å². The molecule has 0 radical (unpaired) electrons. The van der Waals surface area contributed by atoms with Crippen molar-refractivity contribution in [3.05, 3.63) is 113 Å². The average Bonchev–Trinajstić information content (AvgIpc) is 3.07. The molecule has 41 heavy (non-hydrogen) atoms. The molecule has 3 atom stereocenters. The minimum Gasteiger partial charge on any atom is -0.399 e. The first kappa shape index (κ1) is 28.2. The van der Waals surface area contributed by atoms with E-state index in [2.05, 4.69) is 0 Å². The van der Waals surface area contributed by atoms with E-state index in [-0.39, 0.29) is 37.2 Å². The third kappa shape index (κ3) is 6.05. The van der Waals surface area contributed by atoms with Gasteiger partial charge in [-0.2, -0.15) is 0 Å². The Bertz CT molecular complexity index is 1600. The number of nitrogen functional groups attached to an aromatic ring is 1. The van der Waals surface area contributed by atoms with E-state index >= 15 is 0 Å². The second kappa shape index (κ2) is 12.0. The molecule has 4 N–H and O–H groups in total. The molecule has 3 unspecified atom stereocenters. The SMILES string of the molecule is CC1CCN(C(Cc2cccc3ccccc23)C(N)=O)C(=O)C(c2cccc(Cl)c2)N1C(=O)Cc1cccc(N)c1. The summed E-state index contributed by atoms with van der Waals surface area (Å²) in [5.74, 6) is -1.17. The maximum atomic E-state index is 14.5. The number of carbonyl (C=O) groups is 3. The second-order valence-corrected chi connectivity index (χ2v) is 11.0. The van der Waals surface area contributed by atoms with Crippen molar-refractivity contribution < 1.29 is 14.4 Å². The molecule has 210 valence electrons. The maximum Gasteiger partial charge on any atom is 0.250 e. The van der Waals surface area contributed by atoms with E-state index in [1.54, 1.807) is 52.3 Å². The fraction of sp³-hybridized carbons (Fsp3) is 0.242. The molecule has 7 nitrogen and oxygen atoms in total. The molecule has 0 saturated carbocycles. The van der Waals surface area contributed by atoms with Crippen LogP contribution >= 0.6 is 11.6 Å². The van der Waals surface area contributed by atoms with Crippen LogP contribution in [-0.4, -0.2) is 46.1 Å². The van der Waals surface area contributed by atoms with Gasteiger partial charge in [-0.25, -0.2) is 0 Å². The van der Waals surface area contributed by atoms with Gasteiger partial charge in [-0.1, -0.05) is 78.3 Å². The Labute approximate surface area is 244 Å². The lowest BCUT2D eigenvalue weighted by molar-refractivity contribution is -0.148. The topological polar surface area (TPSA) is 110 Å². The van der Waals surface area contributed by atoms with Gasteiger partial charge in [-0.05, 0) is 65.1 Å². The van der Waals surface area contributed by atoms with Crippen molar-refractivity contribution in [2.45, 2.75) is 44.3 Å². The van der Waals surface area contributed by atoms with Gasteiger partial charge in [0.15, 0.2) is 0 Å². The Hall–Kier alpha value is -4.36. The molecule has 1 aliphatic heterocycles. The number of carbonyl (C=O) groups excluding carboxylic acids is 3. The monoisotopic (exact) mass is 568 g/mol. The highest BCUT2D eigenvalue weighted by Crippen LogP contribution is 2.33. The van der Waals surface area contributed by atoms with Gasteiger partial charge >= 0.3 is 0 Å². The van der Waals surface area contributed by atoms with Crippen molar-refractivity contribution in [2.24, 2.45) is 5.73 Å². The third-order valence-corrected chi connectivity index (χ3v) is 8.05. The highest BCUT2D eigenvalue weighted by Gasteiger charge is 2.43. The summed E-state index contributed by atoms with van der Waals surface area (Å²) in [6.07, 6.45) is 0.816. The molecule has 1 saturated heterocycles. The standard InChI is InChI=1S/C33H33ClN4O3/c1-21-15-16-37(29(32(36)40)20-24-10-5-9-23-8-2-3-14-28(23)24)33(41)31(25-11-6-12-26(34)19-25)38(21)30(39)18-22-7-4-13-27(35)17-22/h2-14,17,19,21,29,31H,15-16,18,20,35H2,1H3,(H2,36,40). The summed E-state index contributed by atoms with van der Waals surface area (Å²) in [6, 6.07) is 25.8. The summed E-state index contributed by atoms with van der Waals surface area (Å²) in [6.45, 7) is 2.20. The molecule has 1 fully saturated rings. The zero-order valence-electron chi connectivity index (χ0n) is 22.9. The summed E-state index contributed by atoms with van der Waals surface area (Å²) < 4.78 is 0. The predicted molar refractivity (Wildman–Crippen MR) is 162 cm³/mol. The van der Waals surface area contributed by atoms with Crippen LogP contribution < -0.4 is 11.5 Å². The molecule has 4 aromatic rings. The van der Waals surface area contributed by atoms with Crippen molar-refractivity contribution in [2.75, 3.05) is 12.3 Å². The number of anilines is 1. The van der Waals surface area contributed by atoms with Gasteiger partial charge in [0.2, 0.25) is 11.8 Å². The highest BCUT2D eigenvalue weighted by molar-refractivity contribution is 6.30. The van der Waals surface area contributed by atoms with Gasteiger partial charge in [0, 0.05) is 29.7 Å². The summed E-state index contributed by atoms with van der Waals surface area (Å²) in [7, 11) is 0. The Balaban J connectivity index is 1.54. The van der Waals surface area contributed by atoms with Gasteiger partial charge in [-0.3, -0.25) is 14.4 Å². The van der Waals surface area contributed by atoms with Gasteiger partial charge in [-0.15, -0.1) is 0 Å². The smallest absolute Gasteiger partial charge is 0.250 e. The molecule has 1 heterocycles. The fourth-order valence-corrected chi connectivity index (χ4v) is 6.00. The first-order valence-electron chi connectivity index (χ1n) is 13.7. The van der Waals surface area contributed by atoms with E-state index in [1.807, 2.05) is 55.5 Å². The number of benzene rings is 4. The van der Waals surface area contributed by atoms with Crippen molar-refractivity contribution in [3.8, 4) is 0 Å². The van der Waals surface area contributed by atoms with Crippen molar-refractivity contribution >= 4 is 45.8 Å². The normalized spacial score (nSPS) is 18.2. The van der Waals surface area contributed by atoms with E-state index in [0.717, 1.165) is 21.9 Å². The van der Waals surface area contributed by atoms with Gasteiger partial charge in [0.25, 0.3) is 5.91 Å². The molecule has 0 spiro atoms. The summed E-state index contributed by atoms with van der Waals surface area (Å²) >= 11 is 6.36. The van der Waals surface area contributed by atoms with Crippen molar-refractivity contribution in [1.29, 1.82) is 0 Å². The van der Waals surface area contributed by atoms with Crippen LogP contribution in [-0.2, 0) is 27.2 Å². The fourth-order valence-electron chi connectivity index (χ4n) is 5.80. The minimum atomic E-state index is -0.978. The lowest BCUT2D eigenvalue weighted by atomic mass is 9.96. The van der Waals surface area contributed by atoms with Gasteiger partial charge in [0.1, 0.15) is 12.1 Å². The Morgan fingerprint density at radius 3 is 2.46 bits per heavy atom. The number of hydrogen-bond acceptors (Lipinski definition) is 4. The molecule has 4 aromatic carbocycles. The van der Waals surface area contributed by atoms with E-state index in [4.69, 9.17) is 23.1 Å². The summed E-state index contributed by atoms with van der Waals surface area (Å²) in [5.41, 5.74) is 14.8. The number of nitrogens with zero attached hydrogens (tertiary/aromatic N) is 2. The Morgan fingerprint density at radius 2 is 1.71 bits per heavy atom. The van der Waals surface area contributed by atoms with Crippen LogP contribution in [0.15, 0.2) is 91.0 Å². The molecule has 0 bridgehead atoms. The number of nitrogens with two attached hydrogens (primary N) is 2. The van der Waals surface area contributed by atoms with Crippen LogP contribution in [0.2, 0.25) is 5.02 Å². The largest absolute Gasteiger partial charge is 0.399 e. The number of amides is 3.